The number of aliphatic hydroxyl groups is 1. The summed E-state index contributed by atoms with van der Waals surface area (Å²) < 4.78 is 0.859. The van der Waals surface area contributed by atoms with Gasteiger partial charge in [-0.05, 0) is 54.5 Å². The van der Waals surface area contributed by atoms with Gasteiger partial charge in [-0.15, -0.1) is 0 Å². The molecule has 2 saturated carbocycles. The van der Waals surface area contributed by atoms with Gasteiger partial charge in [-0.1, -0.05) is 0 Å². The predicted octanol–water partition coefficient (Wildman–Crippen LogP) is 2.83. The van der Waals surface area contributed by atoms with Gasteiger partial charge in [0, 0.05) is 18.0 Å². The highest BCUT2D eigenvalue weighted by Crippen LogP contribution is 2.39. The number of anilines is 1. The molecule has 0 aromatic carbocycles. The quantitative estimate of drug-likeness (QED) is 0.843. The molecule has 4 nitrogen and oxygen atoms in total. The molecule has 1 heterocycles. The van der Waals surface area contributed by atoms with Crippen molar-refractivity contribution in [2.24, 2.45) is 0 Å². The van der Waals surface area contributed by atoms with E-state index >= 15 is 0 Å². The summed E-state index contributed by atoms with van der Waals surface area (Å²) in [5.41, 5.74) is 0. The van der Waals surface area contributed by atoms with Gasteiger partial charge in [-0.25, -0.2) is 9.97 Å². The number of rotatable bonds is 3. The number of aromatic nitrogens is 2. The monoisotopic (exact) mass is 311 g/mol. The summed E-state index contributed by atoms with van der Waals surface area (Å²) in [5, 5.41) is 13.0. The van der Waals surface area contributed by atoms with Crippen molar-refractivity contribution < 1.29 is 5.11 Å². The second-order valence-electron chi connectivity index (χ2n) is 5.36. The third-order valence-electron chi connectivity index (χ3n) is 3.70. The van der Waals surface area contributed by atoms with E-state index < -0.39 is 0 Å². The highest BCUT2D eigenvalue weighted by Gasteiger charge is 2.27. The highest BCUT2D eigenvalue weighted by molar-refractivity contribution is 9.10. The molecule has 1 aromatic rings. The summed E-state index contributed by atoms with van der Waals surface area (Å²) in [7, 11) is 0. The third kappa shape index (κ3) is 3.01. The van der Waals surface area contributed by atoms with E-state index in [4.69, 9.17) is 0 Å². The fraction of sp³-hybridized carbons (Fsp3) is 0.692. The first-order valence-corrected chi connectivity index (χ1v) is 7.49. The summed E-state index contributed by atoms with van der Waals surface area (Å²) in [5.74, 6) is 2.44. The standard InChI is InChI=1S/C13H18BrN3O/c14-11-7-12(17-13(16-11)8-1-2-8)15-9-3-5-10(18)6-4-9/h7-10,18H,1-6H2,(H,15,16,17). The van der Waals surface area contributed by atoms with Crippen LogP contribution in [0.5, 0.6) is 0 Å². The van der Waals surface area contributed by atoms with Crippen molar-refractivity contribution in [2.75, 3.05) is 5.32 Å². The largest absolute Gasteiger partial charge is 0.393 e. The molecular weight excluding hydrogens is 294 g/mol. The molecule has 18 heavy (non-hydrogen) atoms. The van der Waals surface area contributed by atoms with E-state index in [9.17, 15) is 5.11 Å². The highest BCUT2D eigenvalue weighted by atomic mass is 79.9. The van der Waals surface area contributed by atoms with Gasteiger partial charge in [-0.3, -0.25) is 0 Å². The lowest BCUT2D eigenvalue weighted by Crippen LogP contribution is -2.28. The van der Waals surface area contributed by atoms with Crippen molar-refractivity contribution in [3.63, 3.8) is 0 Å². The van der Waals surface area contributed by atoms with Gasteiger partial charge >= 0.3 is 0 Å². The van der Waals surface area contributed by atoms with Crippen LogP contribution in [-0.2, 0) is 0 Å². The molecule has 0 aliphatic heterocycles. The first kappa shape index (κ1) is 12.4. The molecule has 3 rings (SSSR count). The van der Waals surface area contributed by atoms with E-state index in [0.717, 1.165) is 41.9 Å². The van der Waals surface area contributed by atoms with Crippen LogP contribution < -0.4 is 5.32 Å². The van der Waals surface area contributed by atoms with Crippen LogP contribution in [0.15, 0.2) is 10.7 Å². The molecule has 1 aromatic heterocycles. The molecule has 2 N–H and O–H groups in total. The van der Waals surface area contributed by atoms with Crippen LogP contribution >= 0.6 is 15.9 Å². The Morgan fingerprint density at radius 2 is 1.83 bits per heavy atom. The average molecular weight is 312 g/mol. The Morgan fingerprint density at radius 1 is 1.11 bits per heavy atom. The minimum Gasteiger partial charge on any atom is -0.393 e. The summed E-state index contributed by atoms with van der Waals surface area (Å²) in [6.45, 7) is 0. The second kappa shape index (κ2) is 5.13. The number of hydrogen-bond acceptors (Lipinski definition) is 4. The lowest BCUT2D eigenvalue weighted by atomic mass is 9.93. The summed E-state index contributed by atoms with van der Waals surface area (Å²) >= 11 is 3.45. The zero-order valence-corrected chi connectivity index (χ0v) is 11.9. The maximum atomic E-state index is 9.50. The molecule has 2 aliphatic rings. The van der Waals surface area contributed by atoms with E-state index in [1.165, 1.54) is 12.8 Å². The van der Waals surface area contributed by atoms with Crippen molar-refractivity contribution in [3.05, 3.63) is 16.5 Å². The van der Waals surface area contributed by atoms with Crippen LogP contribution in [0.1, 0.15) is 50.3 Å². The normalized spacial score (nSPS) is 28.1. The maximum Gasteiger partial charge on any atom is 0.135 e. The Morgan fingerprint density at radius 3 is 2.50 bits per heavy atom. The van der Waals surface area contributed by atoms with Crippen LogP contribution in [0.3, 0.4) is 0 Å². The van der Waals surface area contributed by atoms with Gasteiger partial charge in [0.15, 0.2) is 0 Å². The molecule has 5 heteroatoms. The van der Waals surface area contributed by atoms with Gasteiger partial charge < -0.3 is 10.4 Å². The Bertz CT molecular complexity index is 428. The molecule has 0 atom stereocenters. The maximum absolute atomic E-state index is 9.50. The molecule has 98 valence electrons. The zero-order valence-electron chi connectivity index (χ0n) is 10.3. The second-order valence-corrected chi connectivity index (χ2v) is 6.17. The van der Waals surface area contributed by atoms with Gasteiger partial charge in [0.05, 0.1) is 6.10 Å². The number of aliphatic hydroxyl groups excluding tert-OH is 1. The summed E-state index contributed by atoms with van der Waals surface area (Å²) in [4.78, 5) is 9.02. The average Bonchev–Trinajstić information content (AvgIpc) is 3.15. The minimum atomic E-state index is -0.109. The molecule has 0 radical (unpaired) electrons. The molecule has 0 amide bonds. The summed E-state index contributed by atoms with van der Waals surface area (Å²) in [6, 6.07) is 2.37. The van der Waals surface area contributed by atoms with Crippen molar-refractivity contribution in [1.29, 1.82) is 0 Å². The van der Waals surface area contributed by atoms with Crippen LogP contribution in [0.2, 0.25) is 0 Å². The van der Waals surface area contributed by atoms with Crippen LogP contribution in [0.25, 0.3) is 0 Å². The van der Waals surface area contributed by atoms with E-state index in [1.54, 1.807) is 0 Å². The first-order chi connectivity index (χ1) is 8.70. The van der Waals surface area contributed by atoms with E-state index in [0.29, 0.717) is 12.0 Å². The van der Waals surface area contributed by atoms with Gasteiger partial charge in [-0.2, -0.15) is 0 Å². The smallest absolute Gasteiger partial charge is 0.135 e. The Balaban J connectivity index is 1.68. The minimum absolute atomic E-state index is 0.109. The molecule has 2 fully saturated rings. The molecule has 2 aliphatic carbocycles. The molecular formula is C13H18BrN3O. The molecule has 0 unspecified atom stereocenters. The van der Waals surface area contributed by atoms with Gasteiger partial charge in [0.1, 0.15) is 16.2 Å². The Labute approximate surface area is 115 Å². The number of nitrogens with zero attached hydrogens (tertiary/aromatic N) is 2. The third-order valence-corrected chi connectivity index (χ3v) is 4.11. The fourth-order valence-electron chi connectivity index (χ4n) is 2.46. The molecule has 0 bridgehead atoms. The molecule has 0 spiro atoms. The zero-order chi connectivity index (χ0) is 12.5. The first-order valence-electron chi connectivity index (χ1n) is 6.70. The van der Waals surface area contributed by atoms with Crippen molar-refractivity contribution in [2.45, 2.75) is 56.6 Å². The van der Waals surface area contributed by atoms with Crippen molar-refractivity contribution >= 4 is 21.7 Å². The lowest BCUT2D eigenvalue weighted by molar-refractivity contribution is 0.126. The van der Waals surface area contributed by atoms with Crippen LogP contribution in [0.4, 0.5) is 5.82 Å². The Kier molecular flexibility index (Phi) is 3.52. The van der Waals surface area contributed by atoms with E-state index in [-0.39, 0.29) is 6.10 Å². The lowest BCUT2D eigenvalue weighted by Gasteiger charge is -2.26. The van der Waals surface area contributed by atoms with Crippen molar-refractivity contribution in [1.82, 2.24) is 9.97 Å². The number of nitrogens with one attached hydrogen (secondary N) is 1. The fourth-order valence-corrected chi connectivity index (χ4v) is 2.86. The van der Waals surface area contributed by atoms with E-state index in [2.05, 4.69) is 31.2 Å². The van der Waals surface area contributed by atoms with Gasteiger partial charge in [0.2, 0.25) is 0 Å². The van der Waals surface area contributed by atoms with Crippen LogP contribution in [0, 0.1) is 0 Å². The molecule has 0 saturated heterocycles. The number of hydrogen-bond donors (Lipinski definition) is 2. The Hall–Kier alpha value is -0.680. The SMILES string of the molecule is OC1CCC(Nc2cc(Br)nc(C3CC3)n2)CC1. The number of halogens is 1. The van der Waals surface area contributed by atoms with E-state index in [1.807, 2.05) is 6.07 Å². The summed E-state index contributed by atoms with van der Waals surface area (Å²) in [6.07, 6.45) is 6.13. The van der Waals surface area contributed by atoms with Gasteiger partial charge in [0.25, 0.3) is 0 Å². The topological polar surface area (TPSA) is 58.0 Å². The van der Waals surface area contributed by atoms with Crippen LogP contribution in [-0.4, -0.2) is 27.2 Å². The predicted molar refractivity (Wildman–Crippen MR) is 73.6 cm³/mol. The van der Waals surface area contributed by atoms with Crippen molar-refractivity contribution in [3.8, 4) is 0 Å².